The van der Waals surface area contributed by atoms with Crippen LogP contribution < -0.4 is 5.32 Å². The normalized spacial score (nSPS) is 17.8. The van der Waals surface area contributed by atoms with Gasteiger partial charge in [-0.3, -0.25) is 4.55 Å². The summed E-state index contributed by atoms with van der Waals surface area (Å²) in [6.07, 6.45) is 2.81. The summed E-state index contributed by atoms with van der Waals surface area (Å²) in [5, 5.41) is -1.58. The number of ether oxygens (including phenoxy) is 1. The zero-order valence-corrected chi connectivity index (χ0v) is 11.8. The van der Waals surface area contributed by atoms with Crippen LogP contribution in [0.15, 0.2) is 0 Å². The predicted octanol–water partition coefficient (Wildman–Crippen LogP) is 2.31. The average Bonchev–Trinajstić information content (AvgIpc) is 2.34. The molecule has 2 N–H and O–H groups in total. The number of carbonyl (C=O) groups is 1. The standard InChI is InChI=1S/C11H19F2NO5S/c12-11(13,20(16,17)18)7-4-8-19-10(15)14-9-5-2-1-3-6-9/h9H,1-8H2,(H,14,15)(H,16,17,18). The second-order valence-electron chi connectivity index (χ2n) is 4.83. The van der Waals surface area contributed by atoms with E-state index in [1.54, 1.807) is 0 Å². The highest BCUT2D eigenvalue weighted by Gasteiger charge is 2.43. The molecule has 0 spiro atoms. The Labute approximate surface area is 116 Å². The zero-order valence-electron chi connectivity index (χ0n) is 11.0. The number of carbonyl (C=O) groups excluding carboxylic acids is 1. The van der Waals surface area contributed by atoms with E-state index in [1.165, 1.54) is 0 Å². The number of hydrogen-bond acceptors (Lipinski definition) is 4. The first kappa shape index (κ1) is 17.1. The van der Waals surface area contributed by atoms with Crippen LogP contribution in [0.25, 0.3) is 0 Å². The Morgan fingerprint density at radius 2 is 1.90 bits per heavy atom. The summed E-state index contributed by atoms with van der Waals surface area (Å²) in [4.78, 5) is 11.3. The molecular weight excluding hydrogens is 296 g/mol. The molecule has 0 bridgehead atoms. The Morgan fingerprint density at radius 3 is 2.45 bits per heavy atom. The molecule has 1 amide bonds. The fraction of sp³-hybridized carbons (Fsp3) is 0.909. The van der Waals surface area contributed by atoms with E-state index < -0.39 is 27.9 Å². The Bertz CT molecular complexity index is 421. The molecule has 0 aliphatic heterocycles. The zero-order chi connectivity index (χ0) is 15.2. The van der Waals surface area contributed by atoms with Gasteiger partial charge in [0, 0.05) is 12.5 Å². The van der Waals surface area contributed by atoms with Gasteiger partial charge in [0.25, 0.3) is 0 Å². The monoisotopic (exact) mass is 315 g/mol. The van der Waals surface area contributed by atoms with E-state index in [0.29, 0.717) is 0 Å². The summed E-state index contributed by atoms with van der Waals surface area (Å²) in [5.41, 5.74) is 0. The number of hydrogen-bond donors (Lipinski definition) is 2. The topological polar surface area (TPSA) is 92.7 Å². The van der Waals surface area contributed by atoms with Gasteiger partial charge in [0.1, 0.15) is 0 Å². The largest absolute Gasteiger partial charge is 0.450 e. The molecule has 1 fully saturated rings. The molecule has 1 rings (SSSR count). The van der Waals surface area contributed by atoms with Crippen molar-refractivity contribution in [2.24, 2.45) is 0 Å². The molecule has 1 saturated carbocycles. The third-order valence-corrected chi connectivity index (χ3v) is 4.11. The number of amides is 1. The van der Waals surface area contributed by atoms with Crippen LogP contribution in [0.5, 0.6) is 0 Å². The van der Waals surface area contributed by atoms with Crippen molar-refractivity contribution in [3.8, 4) is 0 Å². The van der Waals surface area contributed by atoms with Gasteiger partial charge >= 0.3 is 21.5 Å². The van der Waals surface area contributed by atoms with Crippen molar-refractivity contribution in [1.29, 1.82) is 0 Å². The lowest BCUT2D eigenvalue weighted by molar-refractivity contribution is 0.0594. The van der Waals surface area contributed by atoms with Gasteiger partial charge in [-0.15, -0.1) is 0 Å². The van der Waals surface area contributed by atoms with Gasteiger partial charge in [-0.2, -0.15) is 17.2 Å². The van der Waals surface area contributed by atoms with Gasteiger partial charge in [0.15, 0.2) is 0 Å². The summed E-state index contributed by atoms with van der Waals surface area (Å²) in [5.74, 6) is 0. The minimum absolute atomic E-state index is 0.0514. The molecule has 0 aromatic rings. The molecule has 6 nitrogen and oxygen atoms in total. The van der Waals surface area contributed by atoms with Crippen LogP contribution in [0.3, 0.4) is 0 Å². The molecule has 0 unspecified atom stereocenters. The van der Waals surface area contributed by atoms with Crippen molar-refractivity contribution in [2.75, 3.05) is 6.61 Å². The maximum Gasteiger partial charge on any atom is 0.407 e. The quantitative estimate of drug-likeness (QED) is 0.579. The maximum atomic E-state index is 12.8. The highest BCUT2D eigenvalue weighted by atomic mass is 32.2. The van der Waals surface area contributed by atoms with Gasteiger partial charge in [0.05, 0.1) is 6.61 Å². The van der Waals surface area contributed by atoms with E-state index in [9.17, 15) is 22.0 Å². The summed E-state index contributed by atoms with van der Waals surface area (Å²) in [6, 6.07) is 0.0514. The van der Waals surface area contributed by atoms with Gasteiger partial charge in [-0.1, -0.05) is 19.3 Å². The smallest absolute Gasteiger partial charge is 0.407 e. The molecule has 9 heteroatoms. The molecule has 0 aromatic carbocycles. The van der Waals surface area contributed by atoms with Gasteiger partial charge in [0.2, 0.25) is 0 Å². The third-order valence-electron chi connectivity index (χ3n) is 3.15. The van der Waals surface area contributed by atoms with E-state index in [4.69, 9.17) is 9.29 Å². The Kier molecular flexibility index (Phi) is 6.12. The molecule has 20 heavy (non-hydrogen) atoms. The Hall–Kier alpha value is -0.960. The molecule has 0 atom stereocenters. The van der Waals surface area contributed by atoms with Crippen LogP contribution >= 0.6 is 0 Å². The van der Waals surface area contributed by atoms with Crippen LogP contribution in [-0.2, 0) is 14.9 Å². The molecule has 0 saturated heterocycles. The van der Waals surface area contributed by atoms with Gasteiger partial charge < -0.3 is 10.1 Å². The average molecular weight is 315 g/mol. The van der Waals surface area contributed by atoms with Crippen molar-refractivity contribution < 1.29 is 31.3 Å². The molecular formula is C11H19F2NO5S. The minimum Gasteiger partial charge on any atom is -0.450 e. The number of alkyl halides is 2. The van der Waals surface area contributed by atoms with Crippen LogP contribution in [0.1, 0.15) is 44.9 Å². The summed E-state index contributed by atoms with van der Waals surface area (Å²) < 4.78 is 59.3. The second kappa shape index (κ2) is 7.16. The number of rotatable bonds is 6. The first-order valence-corrected chi connectivity index (χ1v) is 7.94. The van der Waals surface area contributed by atoms with E-state index in [0.717, 1.165) is 32.1 Å². The number of halogens is 2. The van der Waals surface area contributed by atoms with E-state index in [1.807, 2.05) is 0 Å². The lowest BCUT2D eigenvalue weighted by atomic mass is 9.96. The first-order valence-electron chi connectivity index (χ1n) is 6.50. The number of alkyl carbamates (subject to hydrolysis) is 1. The van der Waals surface area contributed by atoms with Gasteiger partial charge in [-0.05, 0) is 19.3 Å². The maximum absolute atomic E-state index is 12.8. The molecule has 0 heterocycles. The van der Waals surface area contributed by atoms with E-state index in [-0.39, 0.29) is 19.1 Å². The van der Waals surface area contributed by atoms with Crippen molar-refractivity contribution in [3.63, 3.8) is 0 Å². The SMILES string of the molecule is O=C(NC1CCCCC1)OCCCC(F)(F)S(=O)(=O)O. The van der Waals surface area contributed by atoms with Crippen molar-refractivity contribution >= 4 is 16.2 Å². The molecule has 1 aliphatic rings. The van der Waals surface area contributed by atoms with Gasteiger partial charge in [-0.25, -0.2) is 4.79 Å². The minimum atomic E-state index is -5.42. The first-order chi connectivity index (χ1) is 9.22. The van der Waals surface area contributed by atoms with Crippen LogP contribution in [0.4, 0.5) is 13.6 Å². The van der Waals surface area contributed by atoms with Crippen molar-refractivity contribution in [1.82, 2.24) is 5.32 Å². The summed E-state index contributed by atoms with van der Waals surface area (Å²) in [7, 11) is -5.42. The lowest BCUT2D eigenvalue weighted by Crippen LogP contribution is -2.36. The predicted molar refractivity (Wildman–Crippen MR) is 67.1 cm³/mol. The molecule has 0 radical (unpaired) electrons. The second-order valence-corrected chi connectivity index (χ2v) is 6.38. The van der Waals surface area contributed by atoms with Crippen LogP contribution in [0.2, 0.25) is 0 Å². The molecule has 1 aliphatic carbocycles. The number of nitrogens with one attached hydrogen (secondary N) is 1. The van der Waals surface area contributed by atoms with Crippen molar-refractivity contribution in [3.05, 3.63) is 0 Å². The summed E-state index contributed by atoms with van der Waals surface area (Å²) >= 11 is 0. The lowest BCUT2D eigenvalue weighted by Gasteiger charge is -2.22. The fourth-order valence-corrected chi connectivity index (χ4v) is 2.43. The van der Waals surface area contributed by atoms with Crippen LogP contribution in [0, 0.1) is 0 Å². The van der Waals surface area contributed by atoms with E-state index >= 15 is 0 Å². The van der Waals surface area contributed by atoms with Crippen LogP contribution in [-0.4, -0.2) is 37.0 Å². The Morgan fingerprint density at radius 1 is 1.30 bits per heavy atom. The summed E-state index contributed by atoms with van der Waals surface area (Å²) in [6.45, 7) is -0.330. The molecule has 0 aromatic heterocycles. The van der Waals surface area contributed by atoms with E-state index in [2.05, 4.69) is 5.32 Å². The fourth-order valence-electron chi connectivity index (χ4n) is 2.03. The van der Waals surface area contributed by atoms with Crippen molar-refractivity contribution in [2.45, 2.75) is 56.2 Å². The molecule has 118 valence electrons. The third kappa shape index (κ3) is 5.58. The highest BCUT2D eigenvalue weighted by Crippen LogP contribution is 2.26. The Balaban J connectivity index is 2.19. The highest BCUT2D eigenvalue weighted by molar-refractivity contribution is 7.86.